The number of benzene rings is 1. The molecule has 0 radical (unpaired) electrons. The first-order valence-electron chi connectivity index (χ1n) is 4.67. The molecule has 0 aliphatic heterocycles. The van der Waals surface area contributed by atoms with Crippen LogP contribution in [0.3, 0.4) is 0 Å². The number of nitriles is 1. The van der Waals surface area contributed by atoms with Gasteiger partial charge in [0.2, 0.25) is 0 Å². The van der Waals surface area contributed by atoms with Crippen molar-refractivity contribution < 1.29 is 19.6 Å². The summed E-state index contributed by atoms with van der Waals surface area (Å²) in [6, 6.07) is 3.96. The smallest absolute Gasteiger partial charge is 0.328 e. The van der Waals surface area contributed by atoms with Gasteiger partial charge in [0.05, 0.1) is 12.0 Å². The molecule has 0 fully saturated rings. The molecular formula is C11H8N2O5. The summed E-state index contributed by atoms with van der Waals surface area (Å²) in [4.78, 5) is 20.4. The van der Waals surface area contributed by atoms with E-state index in [-0.39, 0.29) is 22.6 Å². The Bertz CT molecular complexity index is 572. The molecule has 0 atom stereocenters. The van der Waals surface area contributed by atoms with Gasteiger partial charge < -0.3 is 9.84 Å². The lowest BCUT2D eigenvalue weighted by Crippen LogP contribution is -1.96. The van der Waals surface area contributed by atoms with Crippen LogP contribution >= 0.6 is 0 Å². The van der Waals surface area contributed by atoms with Gasteiger partial charge in [0.1, 0.15) is 17.4 Å². The Balaban J connectivity index is 3.46. The van der Waals surface area contributed by atoms with Crippen LogP contribution in [0.1, 0.15) is 11.1 Å². The fraction of sp³-hybridized carbons (Fsp3) is 0.0909. The van der Waals surface area contributed by atoms with E-state index in [2.05, 4.69) is 0 Å². The van der Waals surface area contributed by atoms with Crippen molar-refractivity contribution >= 4 is 17.7 Å². The molecule has 1 rings (SSSR count). The van der Waals surface area contributed by atoms with Crippen molar-refractivity contribution in [3.05, 3.63) is 39.4 Å². The van der Waals surface area contributed by atoms with Gasteiger partial charge in [0.15, 0.2) is 0 Å². The molecule has 7 nitrogen and oxygen atoms in total. The molecule has 1 N–H and O–H groups in total. The van der Waals surface area contributed by atoms with Gasteiger partial charge in [-0.3, -0.25) is 10.1 Å². The van der Waals surface area contributed by atoms with Gasteiger partial charge in [-0.25, -0.2) is 4.79 Å². The number of nitrogens with zero attached hydrogens (tertiary/aromatic N) is 2. The Morgan fingerprint density at radius 1 is 1.61 bits per heavy atom. The number of hydrogen-bond acceptors (Lipinski definition) is 5. The molecule has 0 heterocycles. The quantitative estimate of drug-likeness (QED) is 0.491. The molecule has 0 unspecified atom stereocenters. The van der Waals surface area contributed by atoms with Crippen molar-refractivity contribution in [2.45, 2.75) is 0 Å². The van der Waals surface area contributed by atoms with E-state index in [1.54, 1.807) is 6.07 Å². The number of non-ortho nitro benzene ring substituents is 1. The summed E-state index contributed by atoms with van der Waals surface area (Å²) in [5, 5.41) is 28.1. The Hall–Kier alpha value is -2.88. The van der Waals surface area contributed by atoms with Crippen molar-refractivity contribution in [1.29, 1.82) is 5.26 Å². The van der Waals surface area contributed by atoms with E-state index in [0.717, 1.165) is 24.3 Å². The molecule has 1 aromatic rings. The predicted molar refractivity (Wildman–Crippen MR) is 61.0 cm³/mol. The summed E-state index contributed by atoms with van der Waals surface area (Å²) in [5.41, 5.74) is -0.181. The number of carboxylic acids is 1. The van der Waals surface area contributed by atoms with E-state index < -0.39 is 10.9 Å². The number of ether oxygens (including phenoxy) is 1. The van der Waals surface area contributed by atoms with E-state index in [9.17, 15) is 14.9 Å². The maximum absolute atomic E-state index is 10.7. The first kappa shape index (κ1) is 13.2. The molecule has 0 bridgehead atoms. The van der Waals surface area contributed by atoms with Crippen molar-refractivity contribution in [2.24, 2.45) is 0 Å². The molecule has 0 spiro atoms. The third-order valence-electron chi connectivity index (χ3n) is 2.04. The number of rotatable bonds is 4. The van der Waals surface area contributed by atoms with Gasteiger partial charge in [-0.05, 0) is 6.08 Å². The van der Waals surface area contributed by atoms with Crippen LogP contribution in [-0.2, 0) is 4.79 Å². The topological polar surface area (TPSA) is 113 Å². The van der Waals surface area contributed by atoms with Crippen molar-refractivity contribution in [1.82, 2.24) is 0 Å². The zero-order valence-corrected chi connectivity index (χ0v) is 9.28. The van der Waals surface area contributed by atoms with Gasteiger partial charge in [0.25, 0.3) is 5.69 Å². The minimum Gasteiger partial charge on any atom is -0.495 e. The summed E-state index contributed by atoms with van der Waals surface area (Å²) in [7, 11) is 1.29. The minimum absolute atomic E-state index is 0.0308. The first-order valence-corrected chi connectivity index (χ1v) is 4.67. The number of carboxylic acid groups (broad SMARTS) is 1. The number of methoxy groups -OCH3 is 1. The van der Waals surface area contributed by atoms with Crippen LogP contribution in [0.5, 0.6) is 5.75 Å². The van der Waals surface area contributed by atoms with Crippen LogP contribution < -0.4 is 4.74 Å². The van der Waals surface area contributed by atoms with E-state index in [1.165, 1.54) is 7.11 Å². The third-order valence-corrected chi connectivity index (χ3v) is 2.04. The number of carbonyl (C=O) groups is 1. The Morgan fingerprint density at radius 2 is 2.28 bits per heavy atom. The predicted octanol–water partition coefficient (Wildman–Crippen LogP) is 1.57. The lowest BCUT2D eigenvalue weighted by Gasteiger charge is -2.06. The molecule has 1 aromatic carbocycles. The van der Waals surface area contributed by atoms with Crippen LogP contribution in [-0.4, -0.2) is 23.1 Å². The summed E-state index contributed by atoms with van der Waals surface area (Å²) in [6.45, 7) is 0. The summed E-state index contributed by atoms with van der Waals surface area (Å²) in [5.74, 6) is -1.11. The normalized spacial score (nSPS) is 10.0. The van der Waals surface area contributed by atoms with Crippen LogP contribution in [0.15, 0.2) is 18.2 Å². The van der Waals surface area contributed by atoms with Gasteiger partial charge >= 0.3 is 5.97 Å². The summed E-state index contributed by atoms with van der Waals surface area (Å²) >= 11 is 0. The Kier molecular flexibility index (Phi) is 3.99. The van der Waals surface area contributed by atoms with Crippen molar-refractivity contribution in [3.8, 4) is 11.8 Å². The maximum atomic E-state index is 10.7. The van der Waals surface area contributed by atoms with E-state index >= 15 is 0 Å². The lowest BCUT2D eigenvalue weighted by molar-refractivity contribution is -0.384. The molecule has 0 aromatic heterocycles. The highest BCUT2D eigenvalue weighted by molar-refractivity contribution is 5.86. The van der Waals surface area contributed by atoms with Crippen molar-refractivity contribution in [2.75, 3.05) is 7.11 Å². The SMILES string of the molecule is COc1c(C#N)cc([N+](=O)[O-])cc1/C=C/C(=O)O. The second kappa shape index (κ2) is 5.45. The molecular weight excluding hydrogens is 240 g/mol. The van der Waals surface area contributed by atoms with Gasteiger partial charge in [0, 0.05) is 23.8 Å². The van der Waals surface area contributed by atoms with E-state index in [1.807, 2.05) is 0 Å². The highest BCUT2D eigenvalue weighted by Gasteiger charge is 2.15. The molecule has 7 heteroatoms. The Morgan fingerprint density at radius 3 is 2.72 bits per heavy atom. The second-order valence-corrected chi connectivity index (χ2v) is 3.16. The minimum atomic E-state index is -1.21. The fourth-order valence-electron chi connectivity index (χ4n) is 1.34. The molecule has 0 amide bonds. The maximum Gasteiger partial charge on any atom is 0.328 e. The van der Waals surface area contributed by atoms with Gasteiger partial charge in [-0.1, -0.05) is 0 Å². The largest absolute Gasteiger partial charge is 0.495 e. The van der Waals surface area contributed by atoms with E-state index in [0.29, 0.717) is 0 Å². The van der Waals surface area contributed by atoms with Crippen molar-refractivity contribution in [3.63, 3.8) is 0 Å². The monoisotopic (exact) mass is 248 g/mol. The summed E-state index contributed by atoms with van der Waals surface area (Å²) in [6.07, 6.45) is 1.94. The summed E-state index contributed by atoms with van der Waals surface area (Å²) < 4.78 is 4.95. The number of aliphatic carboxylic acids is 1. The first-order chi connectivity index (χ1) is 8.49. The van der Waals surface area contributed by atoms with Crippen LogP contribution in [0, 0.1) is 21.4 Å². The van der Waals surface area contributed by atoms with Crippen LogP contribution in [0.4, 0.5) is 5.69 Å². The third kappa shape index (κ3) is 2.82. The van der Waals surface area contributed by atoms with E-state index in [4.69, 9.17) is 15.1 Å². The number of hydrogen-bond donors (Lipinski definition) is 1. The lowest BCUT2D eigenvalue weighted by atomic mass is 10.1. The van der Waals surface area contributed by atoms with Crippen LogP contribution in [0.2, 0.25) is 0 Å². The molecule has 0 aliphatic rings. The molecule has 18 heavy (non-hydrogen) atoms. The highest BCUT2D eigenvalue weighted by atomic mass is 16.6. The zero-order valence-electron chi connectivity index (χ0n) is 9.28. The molecule has 0 saturated heterocycles. The Labute approximate surface area is 102 Å². The fourth-order valence-corrected chi connectivity index (χ4v) is 1.34. The number of nitro benzene ring substituents is 1. The highest BCUT2D eigenvalue weighted by Crippen LogP contribution is 2.29. The van der Waals surface area contributed by atoms with Crippen LogP contribution in [0.25, 0.3) is 6.08 Å². The zero-order chi connectivity index (χ0) is 13.7. The molecule has 0 aliphatic carbocycles. The van der Waals surface area contributed by atoms with Gasteiger partial charge in [-0.2, -0.15) is 5.26 Å². The second-order valence-electron chi connectivity index (χ2n) is 3.16. The molecule has 92 valence electrons. The molecule has 0 saturated carbocycles. The standard InChI is InChI=1S/C11H8N2O5/c1-18-11-7(2-3-10(14)15)4-9(13(16)17)5-8(11)6-12/h2-5H,1H3,(H,14,15)/b3-2+. The number of nitro groups is 1. The average molecular weight is 248 g/mol. The average Bonchev–Trinajstić information content (AvgIpc) is 2.34. The van der Waals surface area contributed by atoms with Gasteiger partial charge in [-0.15, -0.1) is 0 Å².